The number of benzene rings is 3. The Labute approximate surface area is 203 Å². The molecule has 5 nitrogen and oxygen atoms in total. The number of aliphatic carboxylic acids is 1. The Morgan fingerprint density at radius 2 is 1.69 bits per heavy atom. The number of carbonyl (C=O) groups is 2. The summed E-state index contributed by atoms with van der Waals surface area (Å²) in [4.78, 5) is 30.5. The Morgan fingerprint density at radius 1 is 0.943 bits per heavy atom. The molecule has 1 amide bonds. The van der Waals surface area contributed by atoms with Gasteiger partial charge in [-0.1, -0.05) is 30.3 Å². The first-order valence-electron chi connectivity index (χ1n) is 11.6. The second-order valence-electron chi connectivity index (χ2n) is 8.66. The van der Waals surface area contributed by atoms with Gasteiger partial charge in [-0.3, -0.25) is 9.59 Å². The van der Waals surface area contributed by atoms with Gasteiger partial charge in [-0.25, -0.2) is 9.37 Å². The summed E-state index contributed by atoms with van der Waals surface area (Å²) >= 11 is 0. The Kier molecular flexibility index (Phi) is 7.51. The summed E-state index contributed by atoms with van der Waals surface area (Å²) in [5.74, 6) is -1.22. The van der Waals surface area contributed by atoms with Crippen LogP contribution in [0.25, 0.3) is 22.2 Å². The third-order valence-electron chi connectivity index (χ3n) is 5.95. The number of hydrogen-bond donors (Lipinski definition) is 1. The zero-order valence-electron chi connectivity index (χ0n) is 19.6. The molecule has 0 saturated carbocycles. The molecule has 0 bridgehead atoms. The average Bonchev–Trinajstić information content (AvgIpc) is 2.86. The number of aryl methyl sites for hydroxylation is 1. The molecule has 4 aromatic rings. The van der Waals surface area contributed by atoms with E-state index < -0.39 is 5.97 Å². The summed E-state index contributed by atoms with van der Waals surface area (Å²) in [7, 11) is 1.78. The molecule has 1 aromatic heterocycles. The van der Waals surface area contributed by atoms with Crippen LogP contribution in [-0.2, 0) is 17.8 Å². The molecule has 178 valence electrons. The predicted molar refractivity (Wildman–Crippen MR) is 135 cm³/mol. The number of rotatable bonds is 9. The van der Waals surface area contributed by atoms with Gasteiger partial charge in [0.25, 0.3) is 5.91 Å². The zero-order valence-corrected chi connectivity index (χ0v) is 19.6. The van der Waals surface area contributed by atoms with E-state index in [1.54, 1.807) is 30.1 Å². The molecule has 0 spiro atoms. The first-order chi connectivity index (χ1) is 16.9. The smallest absolute Gasteiger partial charge is 0.303 e. The maximum absolute atomic E-state index is 13.5. The monoisotopic (exact) mass is 470 g/mol. The van der Waals surface area contributed by atoms with E-state index in [9.17, 15) is 14.0 Å². The fourth-order valence-corrected chi connectivity index (χ4v) is 4.14. The lowest BCUT2D eigenvalue weighted by Gasteiger charge is -2.18. The molecule has 0 fully saturated rings. The van der Waals surface area contributed by atoms with E-state index in [-0.39, 0.29) is 18.1 Å². The molecule has 0 saturated heterocycles. The third kappa shape index (κ3) is 6.09. The van der Waals surface area contributed by atoms with E-state index in [2.05, 4.69) is 0 Å². The van der Waals surface area contributed by atoms with Gasteiger partial charge in [0.15, 0.2) is 0 Å². The summed E-state index contributed by atoms with van der Waals surface area (Å²) in [6, 6.07) is 23.5. The molecule has 0 aliphatic rings. The third-order valence-corrected chi connectivity index (χ3v) is 5.95. The minimum atomic E-state index is -0.817. The van der Waals surface area contributed by atoms with Gasteiger partial charge in [0, 0.05) is 36.5 Å². The summed E-state index contributed by atoms with van der Waals surface area (Å²) in [6.07, 6.45) is 1.99. The summed E-state index contributed by atoms with van der Waals surface area (Å²) < 4.78 is 13.5. The molecule has 6 heteroatoms. The highest BCUT2D eigenvalue weighted by atomic mass is 19.1. The van der Waals surface area contributed by atoms with Gasteiger partial charge < -0.3 is 10.0 Å². The van der Waals surface area contributed by atoms with E-state index in [4.69, 9.17) is 10.1 Å². The van der Waals surface area contributed by atoms with Crippen molar-refractivity contribution in [2.24, 2.45) is 0 Å². The molecule has 1 heterocycles. The van der Waals surface area contributed by atoms with Crippen LogP contribution in [0.3, 0.4) is 0 Å². The fourth-order valence-electron chi connectivity index (χ4n) is 4.14. The highest BCUT2D eigenvalue weighted by Gasteiger charge is 2.15. The number of carboxylic acid groups (broad SMARTS) is 1. The SMILES string of the molecule is CN(Cc1ccccc1)C(=O)c1ccc2nc(-c3ccc(F)cc3)c(CCCCC(=O)O)cc2c1. The maximum atomic E-state index is 13.5. The van der Waals surface area contributed by atoms with Crippen LogP contribution in [0.4, 0.5) is 4.39 Å². The maximum Gasteiger partial charge on any atom is 0.303 e. The lowest BCUT2D eigenvalue weighted by atomic mass is 9.98. The highest BCUT2D eigenvalue weighted by Crippen LogP contribution is 2.28. The topological polar surface area (TPSA) is 70.5 Å². The number of aromatic nitrogens is 1. The molecule has 0 aliphatic heterocycles. The number of carboxylic acids is 1. The van der Waals surface area contributed by atoms with Crippen LogP contribution >= 0.6 is 0 Å². The van der Waals surface area contributed by atoms with Crippen molar-refractivity contribution in [2.45, 2.75) is 32.2 Å². The van der Waals surface area contributed by atoms with Crippen LogP contribution in [0.2, 0.25) is 0 Å². The van der Waals surface area contributed by atoms with Gasteiger partial charge in [-0.2, -0.15) is 0 Å². The number of amides is 1. The van der Waals surface area contributed by atoms with Crippen LogP contribution in [0.5, 0.6) is 0 Å². The van der Waals surface area contributed by atoms with Crippen LogP contribution in [0, 0.1) is 5.82 Å². The summed E-state index contributed by atoms with van der Waals surface area (Å²) in [5.41, 5.74) is 4.84. The number of halogens is 1. The normalized spacial score (nSPS) is 10.9. The van der Waals surface area contributed by atoms with E-state index in [0.717, 1.165) is 33.3 Å². The second-order valence-corrected chi connectivity index (χ2v) is 8.66. The van der Waals surface area contributed by atoms with Crippen molar-refractivity contribution in [1.82, 2.24) is 9.88 Å². The molecule has 0 atom stereocenters. The number of carbonyl (C=O) groups excluding carboxylic acids is 1. The zero-order chi connectivity index (χ0) is 24.8. The van der Waals surface area contributed by atoms with Crippen molar-refractivity contribution in [3.05, 3.63) is 101 Å². The standard InChI is InChI=1S/C29H27FN2O3/c1-32(19-20-7-3-2-4-8-20)29(35)23-13-16-26-24(18-23)17-22(9-5-6-10-27(33)34)28(31-26)21-11-14-25(30)15-12-21/h2-4,7-8,11-18H,5-6,9-10,19H2,1H3,(H,33,34). The largest absolute Gasteiger partial charge is 0.481 e. The van der Waals surface area contributed by atoms with Crippen molar-refractivity contribution in [2.75, 3.05) is 7.05 Å². The first kappa shape index (κ1) is 24.1. The molecule has 35 heavy (non-hydrogen) atoms. The van der Waals surface area contributed by atoms with Gasteiger partial charge in [-0.15, -0.1) is 0 Å². The molecule has 1 N–H and O–H groups in total. The molecular formula is C29H27FN2O3. The van der Waals surface area contributed by atoms with Crippen molar-refractivity contribution in [3.8, 4) is 11.3 Å². The Morgan fingerprint density at radius 3 is 2.40 bits per heavy atom. The van der Waals surface area contributed by atoms with Crippen LogP contribution in [0.15, 0.2) is 78.9 Å². The number of fused-ring (bicyclic) bond motifs is 1. The van der Waals surface area contributed by atoms with E-state index in [1.165, 1.54) is 12.1 Å². The number of unbranched alkanes of at least 4 members (excludes halogenated alkanes) is 1. The van der Waals surface area contributed by atoms with Crippen LogP contribution in [-0.4, -0.2) is 33.9 Å². The molecule has 0 radical (unpaired) electrons. The quantitative estimate of drug-likeness (QED) is 0.300. The fraction of sp³-hybridized carbons (Fsp3) is 0.207. The van der Waals surface area contributed by atoms with Crippen LogP contribution in [0.1, 0.15) is 40.7 Å². The first-order valence-corrected chi connectivity index (χ1v) is 11.6. The second kappa shape index (κ2) is 10.9. The van der Waals surface area contributed by atoms with Gasteiger partial charge in [0.05, 0.1) is 11.2 Å². The van der Waals surface area contributed by atoms with Crippen LogP contribution < -0.4 is 0 Å². The Hall–Kier alpha value is -4.06. The van der Waals surface area contributed by atoms with Gasteiger partial charge in [0.2, 0.25) is 0 Å². The van der Waals surface area contributed by atoms with Crippen molar-refractivity contribution >= 4 is 22.8 Å². The van der Waals surface area contributed by atoms with Crippen molar-refractivity contribution < 1.29 is 19.1 Å². The van der Waals surface area contributed by atoms with Gasteiger partial charge >= 0.3 is 5.97 Å². The minimum absolute atomic E-state index is 0.0821. The van der Waals surface area contributed by atoms with E-state index in [0.29, 0.717) is 31.4 Å². The van der Waals surface area contributed by atoms with Gasteiger partial charge in [0.1, 0.15) is 5.82 Å². The molecule has 3 aromatic carbocycles. The predicted octanol–water partition coefficient (Wildman–Crippen LogP) is 6.11. The summed E-state index contributed by atoms with van der Waals surface area (Å²) in [6.45, 7) is 0.508. The summed E-state index contributed by atoms with van der Waals surface area (Å²) in [5, 5.41) is 9.78. The molecule has 4 rings (SSSR count). The van der Waals surface area contributed by atoms with Crippen molar-refractivity contribution in [1.29, 1.82) is 0 Å². The average molecular weight is 471 g/mol. The van der Waals surface area contributed by atoms with E-state index >= 15 is 0 Å². The Balaban J connectivity index is 1.64. The number of pyridine rings is 1. The molecule has 0 unspecified atom stereocenters. The lowest BCUT2D eigenvalue weighted by molar-refractivity contribution is -0.137. The Bertz CT molecular complexity index is 1340. The van der Waals surface area contributed by atoms with E-state index in [1.807, 2.05) is 48.5 Å². The minimum Gasteiger partial charge on any atom is -0.481 e. The van der Waals surface area contributed by atoms with Crippen molar-refractivity contribution in [3.63, 3.8) is 0 Å². The number of nitrogens with zero attached hydrogens (tertiary/aromatic N) is 2. The number of hydrogen-bond acceptors (Lipinski definition) is 3. The highest BCUT2D eigenvalue weighted by molar-refractivity contribution is 5.98. The molecular weight excluding hydrogens is 443 g/mol. The van der Waals surface area contributed by atoms with Gasteiger partial charge in [-0.05, 0) is 78.9 Å². The lowest BCUT2D eigenvalue weighted by Crippen LogP contribution is -2.26. The molecule has 0 aliphatic carbocycles.